The third-order valence-corrected chi connectivity index (χ3v) is 3.61. The highest BCUT2D eigenvalue weighted by Crippen LogP contribution is 2.18. The molecule has 0 unspecified atom stereocenters. The smallest absolute Gasteiger partial charge is 0.321 e. The molecule has 3 N–H and O–H groups in total. The summed E-state index contributed by atoms with van der Waals surface area (Å²) >= 11 is 0. The van der Waals surface area contributed by atoms with Gasteiger partial charge in [-0.1, -0.05) is 0 Å². The van der Waals surface area contributed by atoms with Crippen molar-refractivity contribution in [2.75, 3.05) is 33.2 Å². The molecule has 0 aromatic heterocycles. The number of amides is 3. The maximum absolute atomic E-state index is 11.7. The second-order valence-corrected chi connectivity index (χ2v) is 5.69. The second kappa shape index (κ2) is 6.86. The van der Waals surface area contributed by atoms with Crippen LogP contribution in [0.2, 0.25) is 0 Å². The molecular weight excluding hydrogens is 244 g/mol. The van der Waals surface area contributed by atoms with Crippen molar-refractivity contribution in [1.29, 1.82) is 0 Å². The van der Waals surface area contributed by atoms with Crippen LogP contribution in [0.4, 0.5) is 4.79 Å². The molecule has 0 aromatic carbocycles. The molecule has 2 rings (SSSR count). The van der Waals surface area contributed by atoms with Crippen molar-refractivity contribution in [1.82, 2.24) is 20.9 Å². The number of rotatable bonds is 5. The lowest BCUT2D eigenvalue weighted by Crippen LogP contribution is -2.45. The van der Waals surface area contributed by atoms with Crippen molar-refractivity contribution in [3.05, 3.63) is 0 Å². The maximum atomic E-state index is 11.7. The lowest BCUT2D eigenvalue weighted by Gasteiger charge is -2.27. The average Bonchev–Trinajstić information content (AvgIpc) is 3.13. The number of urea groups is 1. The predicted octanol–water partition coefficient (Wildman–Crippen LogP) is -0.0940. The minimum Gasteiger partial charge on any atom is -0.335 e. The van der Waals surface area contributed by atoms with Gasteiger partial charge in [0.05, 0.1) is 6.54 Å². The van der Waals surface area contributed by atoms with E-state index in [-0.39, 0.29) is 24.5 Å². The van der Waals surface area contributed by atoms with E-state index in [1.807, 2.05) is 11.9 Å². The molecule has 108 valence electrons. The summed E-state index contributed by atoms with van der Waals surface area (Å²) in [4.78, 5) is 25.1. The fourth-order valence-corrected chi connectivity index (χ4v) is 2.43. The quantitative estimate of drug-likeness (QED) is 0.651. The van der Waals surface area contributed by atoms with Crippen LogP contribution >= 0.6 is 0 Å². The number of piperidine rings is 1. The number of nitrogens with one attached hydrogen (secondary N) is 3. The Balaban J connectivity index is 1.61. The number of carbonyl (C=O) groups is 2. The summed E-state index contributed by atoms with van der Waals surface area (Å²) in [6.07, 6.45) is 4.37. The zero-order chi connectivity index (χ0) is 13.7. The average molecular weight is 268 g/mol. The predicted molar refractivity (Wildman–Crippen MR) is 72.8 cm³/mol. The van der Waals surface area contributed by atoms with E-state index in [2.05, 4.69) is 16.0 Å². The summed E-state index contributed by atoms with van der Waals surface area (Å²) in [7, 11) is 1.93. The summed E-state index contributed by atoms with van der Waals surface area (Å²) < 4.78 is 0. The number of hydrogen-bond acceptors (Lipinski definition) is 4. The molecule has 0 bridgehead atoms. The van der Waals surface area contributed by atoms with E-state index in [0.717, 1.165) is 45.3 Å². The zero-order valence-electron chi connectivity index (χ0n) is 11.6. The number of likely N-dealkylation sites (N-methyl/N-ethyl adjacent to an activating group) is 1. The number of hydrogen-bond donors (Lipinski definition) is 3. The Bertz CT molecular complexity index is 325. The molecule has 2 aliphatic rings. The summed E-state index contributed by atoms with van der Waals surface area (Å²) in [5.41, 5.74) is 0. The van der Waals surface area contributed by atoms with Gasteiger partial charge in [0.15, 0.2) is 0 Å². The van der Waals surface area contributed by atoms with E-state index in [4.69, 9.17) is 0 Å². The van der Waals surface area contributed by atoms with Crippen molar-refractivity contribution in [3.8, 4) is 0 Å². The summed E-state index contributed by atoms with van der Waals surface area (Å²) in [5.74, 6) is 0.425. The lowest BCUT2D eigenvalue weighted by molar-refractivity contribution is -0.121. The Labute approximate surface area is 114 Å². The van der Waals surface area contributed by atoms with Gasteiger partial charge >= 0.3 is 6.03 Å². The van der Waals surface area contributed by atoms with Gasteiger partial charge in [0.2, 0.25) is 5.91 Å². The van der Waals surface area contributed by atoms with E-state index in [0.29, 0.717) is 5.92 Å². The topological polar surface area (TPSA) is 73.5 Å². The normalized spacial score (nSPS) is 20.3. The SMILES string of the molecule is CN(CC(=O)NC(=O)NC1CC1)CC1CCNCC1. The minimum atomic E-state index is -0.359. The van der Waals surface area contributed by atoms with Gasteiger partial charge in [0.1, 0.15) is 0 Å². The van der Waals surface area contributed by atoms with Gasteiger partial charge in [-0.2, -0.15) is 0 Å². The fourth-order valence-electron chi connectivity index (χ4n) is 2.43. The fraction of sp³-hybridized carbons (Fsp3) is 0.846. The molecule has 1 saturated carbocycles. The highest BCUT2D eigenvalue weighted by molar-refractivity contribution is 5.95. The molecule has 1 aliphatic carbocycles. The van der Waals surface area contributed by atoms with Crippen LogP contribution in [0.15, 0.2) is 0 Å². The molecule has 2 fully saturated rings. The first-order valence-electron chi connectivity index (χ1n) is 7.13. The molecule has 0 atom stereocenters. The lowest BCUT2D eigenvalue weighted by atomic mass is 9.98. The first kappa shape index (κ1) is 14.3. The van der Waals surface area contributed by atoms with Gasteiger partial charge in [0, 0.05) is 12.6 Å². The molecule has 19 heavy (non-hydrogen) atoms. The third-order valence-electron chi connectivity index (χ3n) is 3.61. The molecule has 0 aromatic rings. The van der Waals surface area contributed by atoms with Crippen molar-refractivity contribution >= 4 is 11.9 Å². The highest BCUT2D eigenvalue weighted by atomic mass is 16.2. The Morgan fingerprint density at radius 3 is 2.53 bits per heavy atom. The molecule has 3 amide bonds. The minimum absolute atomic E-state index is 0.227. The largest absolute Gasteiger partial charge is 0.335 e. The third kappa shape index (κ3) is 5.57. The molecule has 6 heteroatoms. The van der Waals surface area contributed by atoms with Gasteiger partial charge in [-0.25, -0.2) is 4.79 Å². The highest BCUT2D eigenvalue weighted by Gasteiger charge is 2.24. The Morgan fingerprint density at radius 2 is 1.89 bits per heavy atom. The van der Waals surface area contributed by atoms with Crippen molar-refractivity contribution in [3.63, 3.8) is 0 Å². The molecule has 0 radical (unpaired) electrons. The van der Waals surface area contributed by atoms with E-state index in [1.165, 1.54) is 0 Å². The number of imide groups is 1. The van der Waals surface area contributed by atoms with E-state index in [1.54, 1.807) is 0 Å². The molecule has 1 aliphatic heterocycles. The Morgan fingerprint density at radius 1 is 1.21 bits per heavy atom. The van der Waals surface area contributed by atoms with Crippen LogP contribution in [0.1, 0.15) is 25.7 Å². The first-order valence-corrected chi connectivity index (χ1v) is 7.13. The van der Waals surface area contributed by atoms with Gasteiger partial charge in [-0.3, -0.25) is 15.0 Å². The molecule has 6 nitrogen and oxygen atoms in total. The standard InChI is InChI=1S/C13H24N4O2/c1-17(8-10-4-6-14-7-5-10)9-12(18)16-13(19)15-11-2-3-11/h10-11,14H,2-9H2,1H3,(H2,15,16,18,19). The Kier molecular flexibility index (Phi) is 5.15. The van der Waals surface area contributed by atoms with Gasteiger partial charge in [-0.15, -0.1) is 0 Å². The second-order valence-electron chi connectivity index (χ2n) is 5.69. The van der Waals surface area contributed by atoms with Gasteiger partial charge in [-0.05, 0) is 51.7 Å². The number of nitrogens with zero attached hydrogens (tertiary/aromatic N) is 1. The van der Waals surface area contributed by atoms with E-state index >= 15 is 0 Å². The number of carbonyl (C=O) groups excluding carboxylic acids is 2. The van der Waals surface area contributed by atoms with Crippen LogP contribution in [0.25, 0.3) is 0 Å². The monoisotopic (exact) mass is 268 g/mol. The van der Waals surface area contributed by atoms with Gasteiger partial charge < -0.3 is 10.6 Å². The zero-order valence-corrected chi connectivity index (χ0v) is 11.6. The maximum Gasteiger partial charge on any atom is 0.321 e. The van der Waals surface area contributed by atoms with Crippen molar-refractivity contribution in [2.45, 2.75) is 31.7 Å². The van der Waals surface area contributed by atoms with Crippen LogP contribution in [0.5, 0.6) is 0 Å². The molecular formula is C13H24N4O2. The van der Waals surface area contributed by atoms with Crippen molar-refractivity contribution < 1.29 is 9.59 Å². The first-order chi connectivity index (χ1) is 9.13. The van der Waals surface area contributed by atoms with E-state index < -0.39 is 0 Å². The summed E-state index contributed by atoms with van der Waals surface area (Å²) in [5, 5.41) is 8.45. The van der Waals surface area contributed by atoms with Crippen LogP contribution in [0, 0.1) is 5.92 Å². The molecule has 0 spiro atoms. The summed E-state index contributed by atoms with van der Waals surface area (Å²) in [6.45, 7) is 3.32. The summed E-state index contributed by atoms with van der Waals surface area (Å²) in [6, 6.07) is -0.0805. The van der Waals surface area contributed by atoms with Crippen LogP contribution in [-0.2, 0) is 4.79 Å². The molecule has 1 saturated heterocycles. The van der Waals surface area contributed by atoms with E-state index in [9.17, 15) is 9.59 Å². The Hall–Kier alpha value is -1.14. The van der Waals surface area contributed by atoms with Crippen LogP contribution in [-0.4, -0.2) is 56.1 Å². The van der Waals surface area contributed by atoms with Crippen LogP contribution < -0.4 is 16.0 Å². The van der Waals surface area contributed by atoms with Gasteiger partial charge in [0.25, 0.3) is 0 Å². The van der Waals surface area contributed by atoms with Crippen molar-refractivity contribution in [2.24, 2.45) is 5.92 Å². The van der Waals surface area contributed by atoms with Crippen LogP contribution in [0.3, 0.4) is 0 Å². The molecule has 1 heterocycles.